The fourth-order valence-electron chi connectivity index (χ4n) is 1.73. The van der Waals surface area contributed by atoms with E-state index < -0.39 is 0 Å². The highest BCUT2D eigenvalue weighted by Gasteiger charge is 2.13. The number of nitrogens with one attached hydrogen (secondary N) is 1. The first-order chi connectivity index (χ1) is 7.20. The molecule has 1 N–H and O–H groups in total. The molecule has 0 bridgehead atoms. The van der Waals surface area contributed by atoms with Crippen molar-refractivity contribution in [3.63, 3.8) is 0 Å². The Kier molecular flexibility index (Phi) is 2.37. The van der Waals surface area contributed by atoms with Crippen LogP contribution in [0.25, 0.3) is 11.1 Å². The molecule has 2 heterocycles. The normalized spacial score (nSPS) is 10.3. The van der Waals surface area contributed by atoms with E-state index in [1.165, 1.54) is 0 Å². The van der Waals surface area contributed by atoms with E-state index in [0.717, 1.165) is 22.4 Å². The molecule has 2 aromatic heterocycles. The smallest absolute Gasteiger partial charge is 0.162 e. The Balaban J connectivity index is 2.59. The number of aromatic nitrogens is 2. The third-order valence-electron chi connectivity index (χ3n) is 2.40. The molecule has 0 aliphatic heterocycles. The van der Waals surface area contributed by atoms with Gasteiger partial charge in [0.15, 0.2) is 5.78 Å². The van der Waals surface area contributed by atoms with Gasteiger partial charge < -0.3 is 4.98 Å². The van der Waals surface area contributed by atoms with Gasteiger partial charge in [0, 0.05) is 41.0 Å². The van der Waals surface area contributed by atoms with Crippen molar-refractivity contribution in [2.75, 3.05) is 0 Å². The lowest BCUT2D eigenvalue weighted by atomic mass is 10.0. The maximum atomic E-state index is 11.5. The Labute approximate surface area is 88.2 Å². The van der Waals surface area contributed by atoms with E-state index in [4.69, 9.17) is 0 Å². The average Bonchev–Trinajstić information content (AvgIpc) is 2.61. The number of hydrogen-bond donors (Lipinski definition) is 1. The maximum absolute atomic E-state index is 11.5. The molecule has 0 saturated heterocycles. The lowest BCUT2D eigenvalue weighted by Crippen LogP contribution is -1.95. The van der Waals surface area contributed by atoms with E-state index in [-0.39, 0.29) is 5.78 Å². The molecule has 76 valence electrons. The van der Waals surface area contributed by atoms with Crippen LogP contribution in [0.1, 0.15) is 23.0 Å². The third kappa shape index (κ3) is 1.68. The molecule has 3 nitrogen and oxygen atoms in total. The van der Waals surface area contributed by atoms with Gasteiger partial charge in [-0.15, -0.1) is 0 Å². The van der Waals surface area contributed by atoms with E-state index in [1.54, 1.807) is 19.3 Å². The largest absolute Gasteiger partial charge is 0.364 e. The van der Waals surface area contributed by atoms with Crippen LogP contribution in [-0.4, -0.2) is 15.8 Å². The van der Waals surface area contributed by atoms with Gasteiger partial charge in [-0.2, -0.15) is 0 Å². The summed E-state index contributed by atoms with van der Waals surface area (Å²) in [5.41, 5.74) is 3.55. The van der Waals surface area contributed by atoms with E-state index in [0.29, 0.717) is 0 Å². The number of carbonyl (C=O) groups excluding carboxylic acids is 1. The van der Waals surface area contributed by atoms with Crippen molar-refractivity contribution < 1.29 is 4.79 Å². The van der Waals surface area contributed by atoms with Crippen molar-refractivity contribution in [1.29, 1.82) is 0 Å². The summed E-state index contributed by atoms with van der Waals surface area (Å²) >= 11 is 0. The predicted octanol–water partition coefficient (Wildman–Crippen LogP) is 2.59. The molecule has 15 heavy (non-hydrogen) atoms. The van der Waals surface area contributed by atoms with E-state index in [1.807, 2.05) is 25.3 Å². The van der Waals surface area contributed by atoms with Crippen molar-refractivity contribution in [2.45, 2.75) is 13.8 Å². The first kappa shape index (κ1) is 9.65. The minimum Gasteiger partial charge on any atom is -0.364 e. The minimum absolute atomic E-state index is 0.0765. The Morgan fingerprint density at radius 3 is 2.87 bits per heavy atom. The van der Waals surface area contributed by atoms with Crippen LogP contribution in [0.15, 0.2) is 30.7 Å². The van der Waals surface area contributed by atoms with E-state index in [2.05, 4.69) is 9.97 Å². The van der Waals surface area contributed by atoms with Gasteiger partial charge in [0.05, 0.1) is 0 Å². The molecule has 0 aliphatic carbocycles. The lowest BCUT2D eigenvalue weighted by Gasteiger charge is -2.00. The second kappa shape index (κ2) is 3.69. The summed E-state index contributed by atoms with van der Waals surface area (Å²) in [6, 6.07) is 3.81. The monoisotopic (exact) mass is 200 g/mol. The number of carbonyl (C=O) groups is 1. The summed E-state index contributed by atoms with van der Waals surface area (Å²) in [6.45, 7) is 3.48. The van der Waals surface area contributed by atoms with Crippen LogP contribution < -0.4 is 0 Å². The predicted molar refractivity (Wildman–Crippen MR) is 58.8 cm³/mol. The van der Waals surface area contributed by atoms with Gasteiger partial charge in [0.1, 0.15) is 0 Å². The van der Waals surface area contributed by atoms with Crippen LogP contribution in [0, 0.1) is 6.92 Å². The SMILES string of the molecule is CC(=O)c1c(-c2cccnc2)c[nH]c1C. The summed E-state index contributed by atoms with van der Waals surface area (Å²) in [4.78, 5) is 18.6. The molecular weight excluding hydrogens is 188 g/mol. The zero-order valence-corrected chi connectivity index (χ0v) is 8.74. The molecular formula is C12H12N2O. The van der Waals surface area contributed by atoms with Gasteiger partial charge in [-0.1, -0.05) is 6.07 Å². The summed E-state index contributed by atoms with van der Waals surface area (Å²) in [6.07, 6.45) is 5.33. The highest BCUT2D eigenvalue weighted by molar-refractivity contribution is 6.01. The Morgan fingerprint density at radius 1 is 1.47 bits per heavy atom. The summed E-state index contributed by atoms with van der Waals surface area (Å²) < 4.78 is 0. The second-order valence-electron chi connectivity index (χ2n) is 3.50. The Morgan fingerprint density at radius 2 is 2.27 bits per heavy atom. The molecule has 0 radical (unpaired) electrons. The number of H-pyrrole nitrogens is 1. The van der Waals surface area contributed by atoms with Gasteiger partial charge in [-0.3, -0.25) is 9.78 Å². The first-order valence-corrected chi connectivity index (χ1v) is 4.79. The fraction of sp³-hybridized carbons (Fsp3) is 0.167. The van der Waals surface area contributed by atoms with Crippen molar-refractivity contribution in [2.24, 2.45) is 0 Å². The Hall–Kier alpha value is -1.90. The molecule has 0 fully saturated rings. The van der Waals surface area contributed by atoms with Crippen molar-refractivity contribution in [3.8, 4) is 11.1 Å². The molecule has 0 aromatic carbocycles. The van der Waals surface area contributed by atoms with Crippen LogP contribution >= 0.6 is 0 Å². The van der Waals surface area contributed by atoms with Gasteiger partial charge in [0.25, 0.3) is 0 Å². The van der Waals surface area contributed by atoms with Crippen LogP contribution in [0.2, 0.25) is 0 Å². The summed E-state index contributed by atoms with van der Waals surface area (Å²) in [5, 5.41) is 0. The molecule has 0 amide bonds. The number of aromatic amines is 1. The highest BCUT2D eigenvalue weighted by atomic mass is 16.1. The molecule has 2 rings (SSSR count). The molecule has 0 unspecified atom stereocenters. The number of aryl methyl sites for hydroxylation is 1. The lowest BCUT2D eigenvalue weighted by molar-refractivity contribution is 0.101. The summed E-state index contributed by atoms with van der Waals surface area (Å²) in [7, 11) is 0. The number of ketones is 1. The molecule has 2 aromatic rings. The second-order valence-corrected chi connectivity index (χ2v) is 3.50. The first-order valence-electron chi connectivity index (χ1n) is 4.79. The molecule has 0 saturated carbocycles. The number of Topliss-reactive ketones (excluding diaryl/α,β-unsaturated/α-hetero) is 1. The van der Waals surface area contributed by atoms with E-state index in [9.17, 15) is 4.79 Å². The Bertz CT molecular complexity index is 486. The third-order valence-corrected chi connectivity index (χ3v) is 2.40. The fourth-order valence-corrected chi connectivity index (χ4v) is 1.73. The van der Waals surface area contributed by atoms with Crippen molar-refractivity contribution in [3.05, 3.63) is 42.0 Å². The number of pyridine rings is 1. The molecule has 0 atom stereocenters. The topological polar surface area (TPSA) is 45.8 Å². The van der Waals surface area contributed by atoms with Gasteiger partial charge in [0.2, 0.25) is 0 Å². The summed E-state index contributed by atoms with van der Waals surface area (Å²) in [5.74, 6) is 0.0765. The molecule has 0 aliphatic rings. The minimum atomic E-state index is 0.0765. The quantitative estimate of drug-likeness (QED) is 0.757. The van der Waals surface area contributed by atoms with Crippen molar-refractivity contribution in [1.82, 2.24) is 9.97 Å². The zero-order valence-electron chi connectivity index (χ0n) is 8.74. The van der Waals surface area contributed by atoms with Crippen LogP contribution in [0.3, 0.4) is 0 Å². The maximum Gasteiger partial charge on any atom is 0.162 e. The van der Waals surface area contributed by atoms with Crippen LogP contribution in [0.4, 0.5) is 0 Å². The van der Waals surface area contributed by atoms with Gasteiger partial charge >= 0.3 is 0 Å². The molecule has 0 spiro atoms. The number of rotatable bonds is 2. The average molecular weight is 200 g/mol. The highest BCUT2D eigenvalue weighted by Crippen LogP contribution is 2.25. The molecule has 3 heteroatoms. The van der Waals surface area contributed by atoms with Crippen molar-refractivity contribution >= 4 is 5.78 Å². The standard InChI is InChI=1S/C12H12N2O/c1-8-12(9(2)15)11(7-14-8)10-4-3-5-13-6-10/h3-7,14H,1-2H3. The van der Waals surface area contributed by atoms with Crippen LogP contribution in [0.5, 0.6) is 0 Å². The van der Waals surface area contributed by atoms with Gasteiger partial charge in [-0.25, -0.2) is 0 Å². The zero-order chi connectivity index (χ0) is 10.8. The number of nitrogens with zero attached hydrogens (tertiary/aromatic N) is 1. The van der Waals surface area contributed by atoms with Crippen LogP contribution in [-0.2, 0) is 0 Å². The number of hydrogen-bond acceptors (Lipinski definition) is 2. The van der Waals surface area contributed by atoms with E-state index >= 15 is 0 Å². The van der Waals surface area contributed by atoms with Gasteiger partial charge in [-0.05, 0) is 19.9 Å².